The fourth-order valence-corrected chi connectivity index (χ4v) is 2.96. The SMILES string of the molecule is Cc1ccc(O)c([C@@H](CCC(C)C)N2CCNCC2)c1. The fraction of sp³-hybridized carbons (Fsp3) is 0.647. The molecule has 0 radical (unpaired) electrons. The molecular weight excluding hydrogens is 248 g/mol. The van der Waals surface area contributed by atoms with Gasteiger partial charge >= 0.3 is 0 Å². The Kier molecular flexibility index (Phi) is 5.44. The number of phenolic OH excluding ortho intramolecular Hbond substituents is 1. The van der Waals surface area contributed by atoms with E-state index in [1.165, 1.54) is 12.0 Å². The second kappa shape index (κ2) is 7.09. The summed E-state index contributed by atoms with van der Waals surface area (Å²) in [5.74, 6) is 1.15. The Morgan fingerprint density at radius 2 is 1.90 bits per heavy atom. The summed E-state index contributed by atoms with van der Waals surface area (Å²) in [7, 11) is 0. The van der Waals surface area contributed by atoms with Crippen LogP contribution in [0, 0.1) is 12.8 Å². The lowest BCUT2D eigenvalue weighted by Crippen LogP contribution is -2.45. The molecule has 3 nitrogen and oxygen atoms in total. The molecule has 3 heteroatoms. The summed E-state index contributed by atoms with van der Waals surface area (Å²) < 4.78 is 0. The molecule has 0 saturated carbocycles. The molecule has 20 heavy (non-hydrogen) atoms. The highest BCUT2D eigenvalue weighted by Crippen LogP contribution is 2.34. The van der Waals surface area contributed by atoms with E-state index in [0.29, 0.717) is 17.7 Å². The van der Waals surface area contributed by atoms with Gasteiger partial charge in [0.05, 0.1) is 0 Å². The summed E-state index contributed by atoms with van der Waals surface area (Å²) in [5.41, 5.74) is 2.33. The average Bonchev–Trinajstić information content (AvgIpc) is 2.43. The van der Waals surface area contributed by atoms with Gasteiger partial charge in [0.2, 0.25) is 0 Å². The highest BCUT2D eigenvalue weighted by atomic mass is 16.3. The minimum atomic E-state index is 0.347. The molecule has 1 aliphatic heterocycles. The van der Waals surface area contributed by atoms with Crippen LogP contribution in [0.15, 0.2) is 18.2 Å². The van der Waals surface area contributed by atoms with E-state index < -0.39 is 0 Å². The molecule has 0 aromatic heterocycles. The van der Waals surface area contributed by atoms with Crippen molar-refractivity contribution >= 4 is 0 Å². The zero-order valence-electron chi connectivity index (χ0n) is 13.0. The predicted molar refractivity (Wildman–Crippen MR) is 84.1 cm³/mol. The number of nitrogens with zero attached hydrogens (tertiary/aromatic N) is 1. The number of aryl methyl sites for hydroxylation is 1. The Labute approximate surface area is 123 Å². The maximum absolute atomic E-state index is 10.3. The van der Waals surface area contributed by atoms with Gasteiger partial charge in [0, 0.05) is 37.8 Å². The molecule has 1 saturated heterocycles. The van der Waals surface area contributed by atoms with Gasteiger partial charge in [0.15, 0.2) is 0 Å². The van der Waals surface area contributed by atoms with Crippen LogP contribution in [0.25, 0.3) is 0 Å². The fourth-order valence-electron chi connectivity index (χ4n) is 2.96. The number of benzene rings is 1. The molecule has 1 aromatic carbocycles. The molecule has 112 valence electrons. The van der Waals surface area contributed by atoms with Gasteiger partial charge in [-0.1, -0.05) is 31.5 Å². The zero-order valence-corrected chi connectivity index (χ0v) is 13.0. The normalized spacial score (nSPS) is 18.4. The molecule has 0 bridgehead atoms. The van der Waals surface area contributed by atoms with Crippen molar-refractivity contribution < 1.29 is 5.11 Å². The number of hydrogen-bond donors (Lipinski definition) is 2. The van der Waals surface area contributed by atoms with Crippen molar-refractivity contribution in [3.8, 4) is 5.75 Å². The lowest BCUT2D eigenvalue weighted by molar-refractivity contribution is 0.157. The van der Waals surface area contributed by atoms with Gasteiger partial charge < -0.3 is 10.4 Å². The van der Waals surface area contributed by atoms with Crippen LogP contribution in [0.4, 0.5) is 0 Å². The van der Waals surface area contributed by atoms with Crippen molar-refractivity contribution in [2.45, 2.75) is 39.7 Å². The summed E-state index contributed by atoms with van der Waals surface area (Å²) in [6, 6.07) is 6.33. The highest BCUT2D eigenvalue weighted by Gasteiger charge is 2.24. The number of aromatic hydroxyl groups is 1. The van der Waals surface area contributed by atoms with E-state index in [-0.39, 0.29) is 0 Å². The smallest absolute Gasteiger partial charge is 0.120 e. The first kappa shape index (κ1) is 15.3. The van der Waals surface area contributed by atoms with Gasteiger partial charge in [-0.2, -0.15) is 0 Å². The van der Waals surface area contributed by atoms with Crippen LogP contribution in [0.3, 0.4) is 0 Å². The molecular formula is C17H28N2O. The maximum Gasteiger partial charge on any atom is 0.120 e. The van der Waals surface area contributed by atoms with Crippen LogP contribution in [0.2, 0.25) is 0 Å². The van der Waals surface area contributed by atoms with Crippen molar-refractivity contribution in [2.24, 2.45) is 5.92 Å². The second-order valence-electron chi connectivity index (χ2n) is 6.34. The summed E-state index contributed by atoms with van der Waals surface area (Å²) in [6.07, 6.45) is 2.32. The molecule has 1 aliphatic rings. The Morgan fingerprint density at radius 1 is 1.20 bits per heavy atom. The predicted octanol–water partition coefficient (Wildman–Crippen LogP) is 3.08. The summed E-state index contributed by atoms with van der Waals surface area (Å²) in [4.78, 5) is 2.52. The average molecular weight is 276 g/mol. The number of hydrogen-bond acceptors (Lipinski definition) is 3. The van der Waals surface area contributed by atoms with Gasteiger partial charge in [-0.15, -0.1) is 0 Å². The minimum absolute atomic E-state index is 0.347. The zero-order chi connectivity index (χ0) is 14.5. The van der Waals surface area contributed by atoms with Crippen LogP contribution < -0.4 is 5.32 Å². The lowest BCUT2D eigenvalue weighted by atomic mass is 9.94. The first-order valence-corrected chi connectivity index (χ1v) is 7.82. The molecule has 0 amide bonds. The van der Waals surface area contributed by atoms with Crippen LogP contribution in [0.1, 0.15) is 43.9 Å². The van der Waals surface area contributed by atoms with E-state index in [0.717, 1.165) is 38.2 Å². The highest BCUT2D eigenvalue weighted by molar-refractivity contribution is 5.38. The first-order valence-electron chi connectivity index (χ1n) is 7.82. The molecule has 0 aliphatic carbocycles. The molecule has 1 aromatic rings. The third-order valence-electron chi connectivity index (χ3n) is 4.15. The van der Waals surface area contributed by atoms with Gasteiger partial charge in [0.25, 0.3) is 0 Å². The van der Waals surface area contributed by atoms with Crippen LogP contribution in [-0.4, -0.2) is 36.2 Å². The van der Waals surface area contributed by atoms with E-state index in [4.69, 9.17) is 0 Å². The number of rotatable bonds is 5. The molecule has 0 unspecified atom stereocenters. The van der Waals surface area contributed by atoms with E-state index in [9.17, 15) is 5.11 Å². The standard InChI is InChI=1S/C17H28N2O/c1-13(2)4-6-16(19-10-8-18-9-11-19)15-12-14(3)5-7-17(15)20/h5,7,12-13,16,18,20H,4,6,8-11H2,1-3H3/t16-/m1/s1. The second-order valence-corrected chi connectivity index (χ2v) is 6.34. The molecule has 2 N–H and O–H groups in total. The van der Waals surface area contributed by atoms with Gasteiger partial charge in [0.1, 0.15) is 5.75 Å². The summed E-state index contributed by atoms with van der Waals surface area (Å²) >= 11 is 0. The van der Waals surface area contributed by atoms with Crippen molar-refractivity contribution in [1.29, 1.82) is 0 Å². The lowest BCUT2D eigenvalue weighted by Gasteiger charge is -2.36. The Balaban J connectivity index is 2.21. The van der Waals surface area contributed by atoms with Gasteiger partial charge in [-0.05, 0) is 31.7 Å². The largest absolute Gasteiger partial charge is 0.508 e. The Bertz CT molecular complexity index is 425. The van der Waals surface area contributed by atoms with Crippen molar-refractivity contribution in [3.63, 3.8) is 0 Å². The minimum Gasteiger partial charge on any atom is -0.508 e. The number of nitrogens with one attached hydrogen (secondary N) is 1. The molecule has 1 atom stereocenters. The number of phenols is 1. The van der Waals surface area contributed by atoms with E-state index >= 15 is 0 Å². The molecule has 1 fully saturated rings. The van der Waals surface area contributed by atoms with Gasteiger partial charge in [-0.25, -0.2) is 0 Å². The third kappa shape index (κ3) is 3.97. The van der Waals surface area contributed by atoms with E-state index in [1.807, 2.05) is 12.1 Å². The van der Waals surface area contributed by atoms with Crippen molar-refractivity contribution in [1.82, 2.24) is 10.2 Å². The summed E-state index contributed by atoms with van der Waals surface area (Å²) in [5, 5.41) is 13.7. The summed E-state index contributed by atoms with van der Waals surface area (Å²) in [6.45, 7) is 10.9. The van der Waals surface area contributed by atoms with E-state index in [2.05, 4.69) is 37.1 Å². The Hall–Kier alpha value is -1.06. The number of piperazine rings is 1. The van der Waals surface area contributed by atoms with Crippen molar-refractivity contribution in [3.05, 3.63) is 29.3 Å². The van der Waals surface area contributed by atoms with E-state index in [1.54, 1.807) is 0 Å². The van der Waals surface area contributed by atoms with Crippen molar-refractivity contribution in [2.75, 3.05) is 26.2 Å². The quantitative estimate of drug-likeness (QED) is 0.867. The third-order valence-corrected chi connectivity index (χ3v) is 4.15. The Morgan fingerprint density at radius 3 is 2.55 bits per heavy atom. The van der Waals surface area contributed by atoms with Crippen LogP contribution in [0.5, 0.6) is 5.75 Å². The topological polar surface area (TPSA) is 35.5 Å². The first-order chi connectivity index (χ1) is 9.58. The monoisotopic (exact) mass is 276 g/mol. The molecule has 1 heterocycles. The molecule has 2 rings (SSSR count). The maximum atomic E-state index is 10.3. The van der Waals surface area contributed by atoms with Crippen LogP contribution in [-0.2, 0) is 0 Å². The van der Waals surface area contributed by atoms with Gasteiger partial charge in [-0.3, -0.25) is 4.90 Å². The van der Waals surface area contributed by atoms with Crippen LogP contribution >= 0.6 is 0 Å². The molecule has 0 spiro atoms.